The Morgan fingerprint density at radius 2 is 1.76 bits per heavy atom. The van der Waals surface area contributed by atoms with Crippen molar-refractivity contribution in [3.05, 3.63) is 34.9 Å². The minimum absolute atomic E-state index is 0.0343. The highest BCUT2D eigenvalue weighted by Gasteiger charge is 2.39. The number of hydrogen-bond acceptors (Lipinski definition) is 4. The first-order valence-electron chi connectivity index (χ1n) is 11.0. The molecule has 0 unspecified atom stereocenters. The van der Waals surface area contributed by atoms with E-state index in [1.54, 1.807) is 0 Å². The number of carbonyl (C=O) groups excluding carboxylic acids is 1. The smallest absolute Gasteiger partial charge is 0.475 e. The van der Waals surface area contributed by atoms with Gasteiger partial charge in [-0.25, -0.2) is 9.59 Å². The van der Waals surface area contributed by atoms with Crippen molar-refractivity contribution in [2.45, 2.75) is 83.3 Å². The number of ether oxygens (including phenoxy) is 1. The van der Waals surface area contributed by atoms with Crippen LogP contribution in [0, 0.1) is 0 Å². The number of carboxylic acid groups (broad SMARTS) is 1. The number of halogens is 3. The van der Waals surface area contributed by atoms with E-state index >= 15 is 0 Å². The lowest BCUT2D eigenvalue weighted by Crippen LogP contribution is -2.62. The molecule has 1 aromatic rings. The number of amides is 2. The number of aliphatic carboxylic acids is 1. The molecule has 0 aliphatic carbocycles. The molecule has 2 amide bonds. The van der Waals surface area contributed by atoms with Crippen molar-refractivity contribution in [3.8, 4) is 0 Å². The lowest BCUT2D eigenvalue weighted by molar-refractivity contribution is -0.192. The van der Waals surface area contributed by atoms with Crippen molar-refractivity contribution in [2.75, 3.05) is 13.2 Å². The maximum Gasteiger partial charge on any atom is 0.490 e. The van der Waals surface area contributed by atoms with Crippen molar-refractivity contribution in [2.24, 2.45) is 0 Å². The van der Waals surface area contributed by atoms with E-state index in [1.165, 1.54) is 16.7 Å². The van der Waals surface area contributed by atoms with E-state index in [-0.39, 0.29) is 23.2 Å². The van der Waals surface area contributed by atoms with Crippen molar-refractivity contribution < 1.29 is 32.6 Å². The van der Waals surface area contributed by atoms with Crippen LogP contribution in [0.4, 0.5) is 18.0 Å². The van der Waals surface area contributed by atoms with Gasteiger partial charge in [0.25, 0.3) is 0 Å². The van der Waals surface area contributed by atoms with Gasteiger partial charge in [0.05, 0.1) is 13.2 Å². The van der Waals surface area contributed by atoms with Crippen LogP contribution >= 0.6 is 0 Å². The molecule has 1 saturated heterocycles. The number of alkyl halides is 3. The summed E-state index contributed by atoms with van der Waals surface area (Å²) in [6.45, 7) is 11.0. The molecule has 3 rings (SSSR count). The molecular formula is C23H34F3N3O4. The van der Waals surface area contributed by atoms with Gasteiger partial charge in [0.1, 0.15) is 0 Å². The number of benzene rings is 1. The van der Waals surface area contributed by atoms with Crippen molar-refractivity contribution in [1.82, 2.24) is 16.0 Å². The molecule has 2 aliphatic rings. The number of rotatable bonds is 4. The Balaban J connectivity index is 0.000000479. The average molecular weight is 474 g/mol. The summed E-state index contributed by atoms with van der Waals surface area (Å²) in [4.78, 5) is 21.2. The Morgan fingerprint density at radius 3 is 2.33 bits per heavy atom. The summed E-state index contributed by atoms with van der Waals surface area (Å²) in [6.07, 6.45) is -1.36. The third kappa shape index (κ3) is 9.21. The molecule has 1 aromatic carbocycles. The second-order valence-corrected chi connectivity index (χ2v) is 9.86. The first-order chi connectivity index (χ1) is 15.2. The molecule has 33 heavy (non-hydrogen) atoms. The number of urea groups is 1. The van der Waals surface area contributed by atoms with Gasteiger partial charge in [0.2, 0.25) is 0 Å². The third-order valence-electron chi connectivity index (χ3n) is 5.51. The van der Waals surface area contributed by atoms with Crippen LogP contribution in [0.5, 0.6) is 0 Å². The van der Waals surface area contributed by atoms with E-state index in [9.17, 15) is 18.0 Å². The van der Waals surface area contributed by atoms with Crippen LogP contribution in [0.2, 0.25) is 0 Å². The third-order valence-corrected chi connectivity index (χ3v) is 5.51. The number of piperidine rings is 1. The van der Waals surface area contributed by atoms with Crippen molar-refractivity contribution in [1.29, 1.82) is 0 Å². The van der Waals surface area contributed by atoms with Gasteiger partial charge in [-0.05, 0) is 70.1 Å². The number of carboxylic acids is 1. The number of nitrogens with one attached hydrogen (secondary N) is 3. The zero-order valence-corrected chi connectivity index (χ0v) is 19.6. The van der Waals surface area contributed by atoms with E-state index in [0.717, 1.165) is 38.9 Å². The standard InChI is InChI=1S/C21H33N3O2.C2HF3O2/c1-20(2)12-18(13-21(3,4)24-20)23-19(25)22-9-7-15-5-6-17-14-26-10-8-16(17)11-15;3-2(4,5)1(6)7/h5-6,11,18,24H,7-10,12-14H2,1-4H3,(H2,22,23,25);(H,6,7). The lowest BCUT2D eigenvalue weighted by Gasteiger charge is -2.46. The molecule has 0 spiro atoms. The summed E-state index contributed by atoms with van der Waals surface area (Å²) in [5, 5.41) is 16.9. The molecule has 10 heteroatoms. The van der Waals surface area contributed by atoms with Crippen LogP contribution in [0.15, 0.2) is 18.2 Å². The van der Waals surface area contributed by atoms with E-state index in [0.29, 0.717) is 6.54 Å². The summed E-state index contributed by atoms with van der Waals surface area (Å²) in [5.74, 6) is -2.76. The molecule has 0 bridgehead atoms. The minimum atomic E-state index is -5.08. The highest BCUT2D eigenvalue weighted by Crippen LogP contribution is 2.28. The van der Waals surface area contributed by atoms with Crippen molar-refractivity contribution >= 4 is 12.0 Å². The molecule has 186 valence electrons. The van der Waals surface area contributed by atoms with E-state index in [1.807, 2.05) is 0 Å². The molecule has 0 radical (unpaired) electrons. The second-order valence-electron chi connectivity index (χ2n) is 9.86. The molecule has 2 aliphatic heterocycles. The van der Waals surface area contributed by atoms with Gasteiger partial charge < -0.3 is 25.8 Å². The van der Waals surface area contributed by atoms with Crippen LogP contribution in [-0.4, -0.2) is 53.6 Å². The van der Waals surface area contributed by atoms with Gasteiger partial charge >= 0.3 is 18.2 Å². The highest BCUT2D eigenvalue weighted by molar-refractivity contribution is 5.74. The Labute approximate surface area is 192 Å². The van der Waals surface area contributed by atoms with Crippen LogP contribution in [-0.2, 0) is 29.0 Å². The SMILES string of the molecule is CC1(C)CC(NC(=O)NCCc2ccc3c(c2)CCOC3)CC(C)(C)N1.O=C(O)C(F)(F)F. The fourth-order valence-electron chi connectivity index (χ4n) is 4.55. The Morgan fingerprint density at radius 1 is 1.15 bits per heavy atom. The fraction of sp³-hybridized carbons (Fsp3) is 0.652. The van der Waals surface area contributed by atoms with Gasteiger partial charge in [0.15, 0.2) is 0 Å². The molecule has 7 nitrogen and oxygen atoms in total. The number of fused-ring (bicyclic) bond motifs is 1. The lowest BCUT2D eigenvalue weighted by atomic mass is 9.80. The maximum absolute atomic E-state index is 12.3. The van der Waals surface area contributed by atoms with Crippen LogP contribution in [0.1, 0.15) is 57.2 Å². The molecule has 0 saturated carbocycles. The molecular weight excluding hydrogens is 439 g/mol. The van der Waals surface area contributed by atoms with Crippen molar-refractivity contribution in [3.63, 3.8) is 0 Å². The zero-order chi connectivity index (χ0) is 24.9. The second kappa shape index (κ2) is 10.7. The molecule has 0 aromatic heterocycles. The normalized spacial score (nSPS) is 19.5. The van der Waals surface area contributed by atoms with Gasteiger partial charge in [0, 0.05) is 23.7 Å². The van der Waals surface area contributed by atoms with E-state index < -0.39 is 12.1 Å². The zero-order valence-electron chi connectivity index (χ0n) is 19.6. The fourth-order valence-corrected chi connectivity index (χ4v) is 4.55. The Bertz CT molecular complexity index is 825. The number of carbonyl (C=O) groups is 2. The number of hydrogen-bond donors (Lipinski definition) is 4. The summed E-state index contributed by atoms with van der Waals surface area (Å²) in [7, 11) is 0. The van der Waals surface area contributed by atoms with Gasteiger partial charge in [-0.3, -0.25) is 0 Å². The first-order valence-corrected chi connectivity index (χ1v) is 11.0. The quantitative estimate of drug-likeness (QED) is 0.536. The average Bonchev–Trinajstić information content (AvgIpc) is 2.65. The predicted octanol–water partition coefficient (Wildman–Crippen LogP) is 3.54. The van der Waals surface area contributed by atoms with E-state index in [2.05, 4.69) is 61.8 Å². The first kappa shape index (κ1) is 26.9. The van der Waals surface area contributed by atoms with E-state index in [4.69, 9.17) is 14.6 Å². The van der Waals surface area contributed by atoms with Crippen LogP contribution < -0.4 is 16.0 Å². The van der Waals surface area contributed by atoms with Gasteiger partial charge in [-0.2, -0.15) is 13.2 Å². The highest BCUT2D eigenvalue weighted by atomic mass is 19.4. The van der Waals surface area contributed by atoms with Gasteiger partial charge in [-0.1, -0.05) is 18.2 Å². The largest absolute Gasteiger partial charge is 0.490 e. The summed E-state index contributed by atoms with van der Waals surface area (Å²) in [6, 6.07) is 6.70. The van der Waals surface area contributed by atoms with Gasteiger partial charge in [-0.15, -0.1) is 0 Å². The minimum Gasteiger partial charge on any atom is -0.475 e. The summed E-state index contributed by atoms with van der Waals surface area (Å²) >= 11 is 0. The van der Waals surface area contributed by atoms with Crippen LogP contribution in [0.3, 0.4) is 0 Å². The predicted molar refractivity (Wildman–Crippen MR) is 118 cm³/mol. The monoisotopic (exact) mass is 473 g/mol. The molecule has 0 atom stereocenters. The molecule has 4 N–H and O–H groups in total. The summed E-state index contributed by atoms with van der Waals surface area (Å²) in [5.41, 5.74) is 4.02. The summed E-state index contributed by atoms with van der Waals surface area (Å²) < 4.78 is 37.2. The molecule has 1 fully saturated rings. The Kier molecular flexibility index (Phi) is 8.75. The topological polar surface area (TPSA) is 99.7 Å². The maximum atomic E-state index is 12.3. The van der Waals surface area contributed by atoms with Crippen LogP contribution in [0.25, 0.3) is 0 Å². The molecule has 2 heterocycles. The Hall–Kier alpha value is -2.33.